The third-order valence-electron chi connectivity index (χ3n) is 6.71. The van der Waals surface area contributed by atoms with E-state index in [1.54, 1.807) is 23.2 Å². The summed E-state index contributed by atoms with van der Waals surface area (Å²) in [6, 6.07) is 12.2. The van der Waals surface area contributed by atoms with E-state index in [4.69, 9.17) is 4.98 Å². The first kappa shape index (κ1) is 19.7. The van der Waals surface area contributed by atoms with Crippen LogP contribution in [0.3, 0.4) is 0 Å². The Morgan fingerprint density at radius 3 is 2.68 bits per heavy atom. The van der Waals surface area contributed by atoms with Crippen LogP contribution in [-0.4, -0.2) is 20.7 Å². The van der Waals surface area contributed by atoms with Crippen molar-refractivity contribution in [1.29, 1.82) is 0 Å². The second-order valence-corrected chi connectivity index (χ2v) is 8.53. The summed E-state index contributed by atoms with van der Waals surface area (Å²) in [6.45, 7) is 2.53. The van der Waals surface area contributed by atoms with E-state index in [1.807, 2.05) is 25.1 Å². The summed E-state index contributed by atoms with van der Waals surface area (Å²) < 4.78 is 1.73. The molecule has 3 aromatic rings. The lowest BCUT2D eigenvalue weighted by molar-refractivity contribution is 0.283. The Morgan fingerprint density at radius 1 is 1.13 bits per heavy atom. The Morgan fingerprint density at radius 2 is 1.90 bits per heavy atom. The van der Waals surface area contributed by atoms with Gasteiger partial charge in [-0.25, -0.2) is 10.4 Å². The summed E-state index contributed by atoms with van der Waals surface area (Å²) in [6.07, 6.45) is 11.8. The van der Waals surface area contributed by atoms with Crippen LogP contribution < -0.4 is 11.0 Å². The molecule has 31 heavy (non-hydrogen) atoms. The molecular formula is C25H27N5O. The van der Waals surface area contributed by atoms with Gasteiger partial charge in [0.05, 0.1) is 17.5 Å². The van der Waals surface area contributed by atoms with Crippen molar-refractivity contribution in [2.45, 2.75) is 57.4 Å². The van der Waals surface area contributed by atoms with Crippen molar-refractivity contribution in [3.8, 4) is 11.3 Å². The van der Waals surface area contributed by atoms with Crippen molar-refractivity contribution in [3.63, 3.8) is 0 Å². The molecule has 1 spiro atoms. The van der Waals surface area contributed by atoms with E-state index in [9.17, 15) is 4.79 Å². The first-order valence-electron chi connectivity index (χ1n) is 11.1. The highest BCUT2D eigenvalue weighted by molar-refractivity contribution is 5.79. The minimum Gasteiger partial charge on any atom is -0.277 e. The van der Waals surface area contributed by atoms with Crippen molar-refractivity contribution in [3.05, 3.63) is 75.8 Å². The quantitative estimate of drug-likeness (QED) is 0.504. The molecule has 1 N–H and O–H groups in total. The van der Waals surface area contributed by atoms with Gasteiger partial charge in [0.15, 0.2) is 0 Å². The van der Waals surface area contributed by atoms with Crippen molar-refractivity contribution >= 4 is 12.2 Å². The third kappa shape index (κ3) is 3.46. The van der Waals surface area contributed by atoms with Crippen LogP contribution in [0.15, 0.2) is 58.7 Å². The zero-order valence-electron chi connectivity index (χ0n) is 17.8. The molecule has 2 heterocycles. The maximum Gasteiger partial charge on any atom is 0.259 e. The minimum absolute atomic E-state index is 0.0746. The summed E-state index contributed by atoms with van der Waals surface area (Å²) >= 11 is 0. The third-order valence-corrected chi connectivity index (χ3v) is 6.71. The number of pyridine rings is 1. The Hall–Kier alpha value is -3.28. The molecule has 1 fully saturated rings. The topological polar surface area (TPSA) is 72.2 Å². The number of fused-ring (bicyclic) bond motifs is 4. The van der Waals surface area contributed by atoms with Gasteiger partial charge in [-0.3, -0.25) is 14.3 Å². The lowest BCUT2D eigenvalue weighted by Crippen LogP contribution is -2.43. The molecule has 0 bridgehead atoms. The fraction of sp³-hybridized carbons (Fsp3) is 0.360. The predicted molar refractivity (Wildman–Crippen MR) is 124 cm³/mol. The zero-order chi connectivity index (χ0) is 21.3. The first-order valence-corrected chi connectivity index (χ1v) is 11.1. The van der Waals surface area contributed by atoms with Crippen LogP contribution in [0.5, 0.6) is 0 Å². The standard InChI is InChI=1S/C25H27N5O/c1-2-30-23(31)21-22(28-24(30)29-27-17-18-10-14-26-15-11-18)20-9-5-4-8-19(20)16-25(21)12-6-3-7-13-25/h4-5,8-11,14-15,17H,2-3,6-7,12-13,16H2,1H3,(H,28,29)/b27-17-. The molecule has 0 aliphatic heterocycles. The smallest absolute Gasteiger partial charge is 0.259 e. The molecule has 0 saturated heterocycles. The first-order chi connectivity index (χ1) is 15.2. The van der Waals surface area contributed by atoms with E-state index in [1.165, 1.54) is 24.8 Å². The van der Waals surface area contributed by atoms with E-state index >= 15 is 0 Å². The number of nitrogens with one attached hydrogen (secondary N) is 1. The second kappa shape index (κ2) is 8.10. The number of benzene rings is 1. The van der Waals surface area contributed by atoms with Crippen molar-refractivity contribution < 1.29 is 0 Å². The number of nitrogens with zero attached hydrogens (tertiary/aromatic N) is 4. The maximum absolute atomic E-state index is 13.8. The van der Waals surface area contributed by atoms with Crippen molar-refractivity contribution in [1.82, 2.24) is 14.5 Å². The summed E-state index contributed by atoms with van der Waals surface area (Å²) in [7, 11) is 0. The van der Waals surface area contributed by atoms with Crippen LogP contribution >= 0.6 is 0 Å². The second-order valence-electron chi connectivity index (χ2n) is 8.53. The van der Waals surface area contributed by atoms with Crippen LogP contribution in [-0.2, 0) is 18.4 Å². The van der Waals surface area contributed by atoms with Crippen LogP contribution in [0.4, 0.5) is 5.95 Å². The van der Waals surface area contributed by atoms with Gasteiger partial charge in [-0.1, -0.05) is 43.5 Å². The summed E-state index contributed by atoms with van der Waals surface area (Å²) in [5, 5.41) is 4.35. The summed E-state index contributed by atoms with van der Waals surface area (Å²) in [5.74, 6) is 0.485. The predicted octanol–water partition coefficient (Wildman–Crippen LogP) is 4.53. The Kier molecular flexibility index (Phi) is 5.14. The Balaban J connectivity index is 1.64. The number of anilines is 1. The van der Waals surface area contributed by atoms with E-state index < -0.39 is 0 Å². The van der Waals surface area contributed by atoms with Gasteiger partial charge in [-0.2, -0.15) is 5.10 Å². The van der Waals surface area contributed by atoms with Gasteiger partial charge in [0.1, 0.15) is 0 Å². The molecule has 158 valence electrons. The molecule has 0 radical (unpaired) electrons. The lowest BCUT2D eigenvalue weighted by Gasteiger charge is -2.42. The van der Waals surface area contributed by atoms with Crippen LogP contribution in [0.1, 0.15) is 55.7 Å². The van der Waals surface area contributed by atoms with Crippen molar-refractivity contribution in [2.75, 3.05) is 5.43 Å². The van der Waals surface area contributed by atoms with Gasteiger partial charge in [0, 0.05) is 29.9 Å². The summed E-state index contributed by atoms with van der Waals surface area (Å²) in [4.78, 5) is 22.8. The number of hydrogen-bond acceptors (Lipinski definition) is 5. The highest BCUT2D eigenvalue weighted by Crippen LogP contribution is 2.48. The minimum atomic E-state index is -0.0955. The van der Waals surface area contributed by atoms with Gasteiger partial charge in [0.25, 0.3) is 5.56 Å². The van der Waals surface area contributed by atoms with Gasteiger partial charge < -0.3 is 0 Å². The SMILES string of the molecule is CCn1c(N/N=C\c2ccncc2)nc2c(c1=O)C1(CCCCC1)Cc1ccccc1-2. The molecule has 0 atom stereocenters. The molecular weight excluding hydrogens is 386 g/mol. The van der Waals surface area contributed by atoms with E-state index in [0.717, 1.165) is 41.6 Å². The van der Waals surface area contributed by atoms with Gasteiger partial charge in [0.2, 0.25) is 5.95 Å². The zero-order valence-corrected chi connectivity index (χ0v) is 17.8. The Labute approximate surface area is 182 Å². The van der Waals surface area contributed by atoms with Crippen LogP contribution in [0.25, 0.3) is 11.3 Å². The number of rotatable bonds is 4. The fourth-order valence-electron chi connectivity index (χ4n) is 5.23. The van der Waals surface area contributed by atoms with Crippen LogP contribution in [0.2, 0.25) is 0 Å². The maximum atomic E-state index is 13.8. The average molecular weight is 414 g/mol. The van der Waals surface area contributed by atoms with Gasteiger partial charge in [-0.05, 0) is 49.4 Å². The molecule has 6 heteroatoms. The molecule has 2 aliphatic rings. The molecule has 2 aliphatic carbocycles. The number of hydrazone groups is 1. The molecule has 0 amide bonds. The van der Waals surface area contributed by atoms with Gasteiger partial charge in [-0.15, -0.1) is 0 Å². The molecule has 0 unspecified atom stereocenters. The Bertz CT molecular complexity index is 1180. The normalized spacial score (nSPS) is 16.8. The van der Waals surface area contributed by atoms with E-state index in [-0.39, 0.29) is 11.0 Å². The fourth-order valence-corrected chi connectivity index (χ4v) is 5.23. The number of hydrogen-bond donors (Lipinski definition) is 1. The molecule has 6 nitrogen and oxygen atoms in total. The van der Waals surface area contributed by atoms with Gasteiger partial charge >= 0.3 is 0 Å². The number of aromatic nitrogens is 3. The molecule has 1 aromatic carbocycles. The highest BCUT2D eigenvalue weighted by atomic mass is 16.1. The highest BCUT2D eigenvalue weighted by Gasteiger charge is 2.43. The van der Waals surface area contributed by atoms with Crippen LogP contribution in [0, 0.1) is 0 Å². The van der Waals surface area contributed by atoms with Crippen molar-refractivity contribution in [2.24, 2.45) is 5.10 Å². The largest absolute Gasteiger partial charge is 0.277 e. The van der Waals surface area contributed by atoms with E-state index in [0.29, 0.717) is 12.5 Å². The van der Waals surface area contributed by atoms with E-state index in [2.05, 4.69) is 33.7 Å². The average Bonchev–Trinajstić information content (AvgIpc) is 2.80. The molecule has 2 aromatic heterocycles. The summed E-state index contributed by atoms with van der Waals surface area (Å²) in [5.41, 5.74) is 8.06. The molecule has 1 saturated carbocycles. The molecule has 5 rings (SSSR count). The monoisotopic (exact) mass is 413 g/mol. The lowest BCUT2D eigenvalue weighted by atomic mass is 9.62.